The van der Waals surface area contributed by atoms with E-state index >= 15 is 0 Å². The van der Waals surface area contributed by atoms with Crippen molar-refractivity contribution < 1.29 is 13.2 Å². The number of pyridine rings is 1. The molecule has 0 atom stereocenters. The fourth-order valence-corrected chi connectivity index (χ4v) is 1.92. The summed E-state index contributed by atoms with van der Waals surface area (Å²) in [5, 5.41) is 3.50. The number of rotatable bonds is 4. The average Bonchev–Trinajstić information content (AvgIpc) is 2.37. The maximum absolute atomic E-state index is 13.4. The monoisotopic (exact) mass is 288 g/mol. The van der Waals surface area contributed by atoms with Crippen LogP contribution in [0.15, 0.2) is 18.2 Å². The fourth-order valence-electron chi connectivity index (χ4n) is 1.76. The molecule has 1 aromatic heterocycles. The van der Waals surface area contributed by atoms with Crippen LogP contribution in [0.2, 0.25) is 5.02 Å². The molecule has 0 saturated heterocycles. The van der Waals surface area contributed by atoms with Gasteiger partial charge in [-0.05, 0) is 18.6 Å². The van der Waals surface area contributed by atoms with Gasteiger partial charge in [0.25, 0.3) is 6.43 Å². The number of aromatic nitrogens is 1. The van der Waals surface area contributed by atoms with E-state index in [9.17, 15) is 13.2 Å². The Balaban J connectivity index is 2.63. The molecule has 0 aliphatic carbocycles. The first-order chi connectivity index (χ1) is 9.02. The summed E-state index contributed by atoms with van der Waals surface area (Å²) in [6.45, 7) is 2.58. The van der Waals surface area contributed by atoms with Crippen molar-refractivity contribution in [3.8, 4) is 0 Å². The topological polar surface area (TPSA) is 24.9 Å². The number of fused-ring (bicyclic) bond motifs is 1. The second-order valence-corrected chi connectivity index (χ2v) is 4.51. The summed E-state index contributed by atoms with van der Waals surface area (Å²) in [6, 6.07) is 3.74. The molecule has 0 aliphatic rings. The van der Waals surface area contributed by atoms with Crippen molar-refractivity contribution in [3.63, 3.8) is 0 Å². The lowest BCUT2D eigenvalue weighted by molar-refractivity contribution is 0.146. The third kappa shape index (κ3) is 2.92. The Morgan fingerprint density at radius 1 is 1.32 bits per heavy atom. The molecule has 0 spiro atoms. The van der Waals surface area contributed by atoms with E-state index in [1.165, 1.54) is 12.1 Å². The van der Waals surface area contributed by atoms with Crippen LogP contribution in [-0.4, -0.2) is 11.5 Å². The second-order valence-electron chi connectivity index (χ2n) is 4.11. The number of benzene rings is 1. The van der Waals surface area contributed by atoms with Gasteiger partial charge in [-0.25, -0.2) is 18.2 Å². The van der Waals surface area contributed by atoms with Gasteiger partial charge >= 0.3 is 0 Å². The molecule has 2 aromatic rings. The van der Waals surface area contributed by atoms with Gasteiger partial charge in [-0.2, -0.15) is 0 Å². The van der Waals surface area contributed by atoms with Crippen LogP contribution in [0.4, 0.5) is 18.9 Å². The normalized spacial score (nSPS) is 11.3. The highest BCUT2D eigenvalue weighted by atomic mass is 35.5. The first-order valence-electron chi connectivity index (χ1n) is 5.84. The Morgan fingerprint density at radius 3 is 2.68 bits per heavy atom. The number of nitrogens with one attached hydrogen (secondary N) is 1. The first kappa shape index (κ1) is 13.9. The van der Waals surface area contributed by atoms with Crippen molar-refractivity contribution in [2.75, 3.05) is 11.9 Å². The summed E-state index contributed by atoms with van der Waals surface area (Å²) in [6.07, 6.45) is -1.87. The van der Waals surface area contributed by atoms with Gasteiger partial charge in [0.15, 0.2) is 0 Å². The second kappa shape index (κ2) is 5.65. The molecule has 0 bridgehead atoms. The molecular formula is C13H12ClF3N2. The van der Waals surface area contributed by atoms with Gasteiger partial charge < -0.3 is 5.32 Å². The maximum atomic E-state index is 13.4. The highest BCUT2D eigenvalue weighted by Gasteiger charge is 2.14. The van der Waals surface area contributed by atoms with Crippen LogP contribution in [0.5, 0.6) is 0 Å². The van der Waals surface area contributed by atoms with Gasteiger partial charge in [-0.15, -0.1) is 0 Å². The zero-order valence-corrected chi connectivity index (χ0v) is 10.9. The lowest BCUT2D eigenvalue weighted by atomic mass is 10.1. The molecule has 2 rings (SSSR count). The number of alkyl halides is 2. The first-order valence-corrected chi connectivity index (χ1v) is 6.22. The standard InChI is InChI=1S/C13H12ClF3N2/c1-2-3-18-10-6-12(13(16)17)19-11-5-9(15)8(14)4-7(10)11/h4-6,13H,2-3H2,1H3,(H,18,19). The van der Waals surface area contributed by atoms with Gasteiger partial charge in [0.05, 0.1) is 10.5 Å². The molecular weight excluding hydrogens is 277 g/mol. The third-order valence-corrected chi connectivity index (χ3v) is 2.95. The van der Waals surface area contributed by atoms with Crippen LogP contribution >= 0.6 is 11.6 Å². The van der Waals surface area contributed by atoms with Crippen LogP contribution < -0.4 is 5.32 Å². The minimum absolute atomic E-state index is 0.0568. The number of anilines is 1. The predicted octanol–water partition coefficient (Wildman–Crippen LogP) is 4.79. The molecule has 0 unspecified atom stereocenters. The molecule has 6 heteroatoms. The molecule has 0 amide bonds. The van der Waals surface area contributed by atoms with Gasteiger partial charge in [0, 0.05) is 23.7 Å². The van der Waals surface area contributed by atoms with Crippen LogP contribution in [0, 0.1) is 5.82 Å². The van der Waals surface area contributed by atoms with E-state index in [0.29, 0.717) is 17.6 Å². The lowest BCUT2D eigenvalue weighted by Gasteiger charge is -2.11. The van der Waals surface area contributed by atoms with E-state index in [1.807, 2.05) is 6.92 Å². The Bertz CT molecular complexity index is 602. The minimum atomic E-state index is -2.70. The van der Waals surface area contributed by atoms with E-state index in [4.69, 9.17) is 11.6 Å². The lowest BCUT2D eigenvalue weighted by Crippen LogP contribution is -2.03. The Morgan fingerprint density at radius 2 is 2.05 bits per heavy atom. The third-order valence-electron chi connectivity index (χ3n) is 2.66. The zero-order chi connectivity index (χ0) is 14.0. The van der Waals surface area contributed by atoms with Crippen LogP contribution in [-0.2, 0) is 0 Å². The van der Waals surface area contributed by atoms with Crippen molar-refractivity contribution in [2.45, 2.75) is 19.8 Å². The summed E-state index contributed by atoms with van der Waals surface area (Å²) in [7, 11) is 0. The summed E-state index contributed by atoms with van der Waals surface area (Å²) >= 11 is 5.72. The van der Waals surface area contributed by atoms with Crippen LogP contribution in [0.1, 0.15) is 25.5 Å². The van der Waals surface area contributed by atoms with Gasteiger partial charge in [-0.1, -0.05) is 18.5 Å². The summed E-state index contributed by atoms with van der Waals surface area (Å²) < 4.78 is 38.9. The Labute approximate surface area is 113 Å². The largest absolute Gasteiger partial charge is 0.384 e. The van der Waals surface area contributed by atoms with E-state index in [1.54, 1.807) is 0 Å². The van der Waals surface area contributed by atoms with Gasteiger partial charge in [-0.3, -0.25) is 0 Å². The van der Waals surface area contributed by atoms with E-state index in [2.05, 4.69) is 10.3 Å². The highest BCUT2D eigenvalue weighted by molar-refractivity contribution is 6.31. The van der Waals surface area contributed by atoms with Crippen LogP contribution in [0.25, 0.3) is 10.9 Å². The molecule has 2 nitrogen and oxygen atoms in total. The molecule has 1 aromatic carbocycles. The van der Waals surface area contributed by atoms with Crippen molar-refractivity contribution in [3.05, 3.63) is 34.7 Å². The number of hydrogen-bond acceptors (Lipinski definition) is 2. The van der Waals surface area contributed by atoms with Gasteiger partial charge in [0.1, 0.15) is 11.5 Å². The molecule has 0 saturated carbocycles. The highest BCUT2D eigenvalue weighted by Crippen LogP contribution is 2.31. The van der Waals surface area contributed by atoms with E-state index in [0.717, 1.165) is 12.5 Å². The number of hydrogen-bond donors (Lipinski definition) is 1. The van der Waals surface area contributed by atoms with Crippen molar-refractivity contribution >= 4 is 28.2 Å². The van der Waals surface area contributed by atoms with E-state index < -0.39 is 12.2 Å². The smallest absolute Gasteiger partial charge is 0.280 e. The quantitative estimate of drug-likeness (QED) is 0.875. The van der Waals surface area contributed by atoms with Crippen molar-refractivity contribution in [1.82, 2.24) is 4.98 Å². The summed E-state index contributed by atoms with van der Waals surface area (Å²) in [5.74, 6) is -0.672. The molecule has 102 valence electrons. The summed E-state index contributed by atoms with van der Waals surface area (Å²) in [5.41, 5.74) is 0.273. The number of halogens is 4. The molecule has 0 fully saturated rings. The number of nitrogens with zero attached hydrogens (tertiary/aromatic N) is 1. The maximum Gasteiger partial charge on any atom is 0.280 e. The van der Waals surface area contributed by atoms with E-state index in [-0.39, 0.29) is 16.2 Å². The van der Waals surface area contributed by atoms with Crippen LogP contribution in [0.3, 0.4) is 0 Å². The molecule has 0 radical (unpaired) electrons. The van der Waals surface area contributed by atoms with Crippen molar-refractivity contribution in [2.24, 2.45) is 0 Å². The fraction of sp³-hybridized carbons (Fsp3) is 0.308. The molecule has 0 aliphatic heterocycles. The minimum Gasteiger partial charge on any atom is -0.384 e. The Kier molecular flexibility index (Phi) is 4.14. The molecule has 1 heterocycles. The molecule has 1 N–H and O–H groups in total. The van der Waals surface area contributed by atoms with Gasteiger partial charge in [0.2, 0.25) is 0 Å². The SMILES string of the molecule is CCCNc1cc(C(F)F)nc2cc(F)c(Cl)cc12. The summed E-state index contributed by atoms with van der Waals surface area (Å²) in [4.78, 5) is 3.76. The molecule has 19 heavy (non-hydrogen) atoms. The Hall–Kier alpha value is -1.49. The van der Waals surface area contributed by atoms with Crippen molar-refractivity contribution in [1.29, 1.82) is 0 Å². The predicted molar refractivity (Wildman–Crippen MR) is 70.4 cm³/mol. The average molecular weight is 289 g/mol. The zero-order valence-electron chi connectivity index (χ0n) is 10.2.